The average Bonchev–Trinajstić information content (AvgIpc) is 2.92. The molecule has 0 aromatic heterocycles. The number of rotatable bonds is 6. The number of amides is 4. The number of anilines is 2. The van der Waals surface area contributed by atoms with Crippen LogP contribution in [-0.4, -0.2) is 43.0 Å². The Hall–Kier alpha value is -3.40. The smallest absolute Gasteiger partial charge is 0.385 e. The number of ether oxygens (including phenoxy) is 1. The normalized spacial score (nSPS) is 13.4. The lowest BCUT2D eigenvalue weighted by Gasteiger charge is -2.12. The molecule has 1 aliphatic heterocycles. The maximum absolute atomic E-state index is 12.8. The van der Waals surface area contributed by atoms with Crippen LogP contribution >= 0.6 is 0 Å². The highest BCUT2D eigenvalue weighted by molar-refractivity contribution is 6.22. The summed E-state index contributed by atoms with van der Waals surface area (Å²) >= 11 is 0. The summed E-state index contributed by atoms with van der Waals surface area (Å²) in [6, 6.07) is 7.63. The van der Waals surface area contributed by atoms with Crippen LogP contribution in [-0.2, 0) is 10.9 Å². The quantitative estimate of drug-likeness (QED) is 0.546. The van der Waals surface area contributed by atoms with Crippen molar-refractivity contribution in [1.82, 2.24) is 4.90 Å². The summed E-state index contributed by atoms with van der Waals surface area (Å²) < 4.78 is 43.3. The molecular formula is C20H18F3N3O4. The van der Waals surface area contributed by atoms with Crippen LogP contribution in [0.2, 0.25) is 0 Å². The maximum Gasteiger partial charge on any atom is 0.416 e. The molecule has 2 aromatic carbocycles. The molecule has 0 unspecified atom stereocenters. The number of urea groups is 1. The Morgan fingerprint density at radius 1 is 1.00 bits per heavy atom. The lowest BCUT2D eigenvalue weighted by Crippen LogP contribution is -2.31. The van der Waals surface area contributed by atoms with Gasteiger partial charge in [-0.15, -0.1) is 0 Å². The fourth-order valence-corrected chi connectivity index (χ4v) is 3.01. The van der Waals surface area contributed by atoms with Gasteiger partial charge < -0.3 is 15.4 Å². The zero-order chi connectivity index (χ0) is 21.9. The SMILES string of the molecule is COCCCN1C(=O)c2ccc(NC(=O)Nc3cccc(C(F)(F)F)c3)cc2C1=O. The molecule has 0 saturated heterocycles. The van der Waals surface area contributed by atoms with Gasteiger partial charge in [0.25, 0.3) is 11.8 Å². The van der Waals surface area contributed by atoms with Gasteiger partial charge in [-0.1, -0.05) is 6.07 Å². The Bertz CT molecular complexity index is 992. The molecule has 2 N–H and O–H groups in total. The minimum atomic E-state index is -4.53. The van der Waals surface area contributed by atoms with E-state index in [0.717, 1.165) is 17.0 Å². The fraction of sp³-hybridized carbons (Fsp3) is 0.250. The second-order valence-corrected chi connectivity index (χ2v) is 6.53. The summed E-state index contributed by atoms with van der Waals surface area (Å²) in [5.74, 6) is -0.904. The molecule has 30 heavy (non-hydrogen) atoms. The van der Waals surface area contributed by atoms with Crippen molar-refractivity contribution in [3.63, 3.8) is 0 Å². The monoisotopic (exact) mass is 421 g/mol. The van der Waals surface area contributed by atoms with E-state index in [1.165, 1.54) is 37.4 Å². The summed E-state index contributed by atoms with van der Waals surface area (Å²) in [7, 11) is 1.52. The van der Waals surface area contributed by atoms with E-state index in [4.69, 9.17) is 4.74 Å². The van der Waals surface area contributed by atoms with Gasteiger partial charge in [0.2, 0.25) is 0 Å². The van der Waals surface area contributed by atoms with Gasteiger partial charge in [0.05, 0.1) is 16.7 Å². The number of nitrogens with zero attached hydrogens (tertiary/aromatic N) is 1. The van der Waals surface area contributed by atoms with E-state index in [9.17, 15) is 27.6 Å². The first-order valence-electron chi connectivity index (χ1n) is 8.95. The topological polar surface area (TPSA) is 87.7 Å². The van der Waals surface area contributed by atoms with E-state index >= 15 is 0 Å². The van der Waals surface area contributed by atoms with Crippen LogP contribution in [0.25, 0.3) is 0 Å². The van der Waals surface area contributed by atoms with Crippen LogP contribution in [0.15, 0.2) is 42.5 Å². The van der Waals surface area contributed by atoms with Gasteiger partial charge in [0, 0.05) is 31.6 Å². The Balaban J connectivity index is 1.69. The van der Waals surface area contributed by atoms with Crippen LogP contribution in [0.4, 0.5) is 29.3 Å². The van der Waals surface area contributed by atoms with Crippen molar-refractivity contribution in [3.8, 4) is 0 Å². The number of hydrogen-bond acceptors (Lipinski definition) is 4. The van der Waals surface area contributed by atoms with Crippen LogP contribution in [0.1, 0.15) is 32.7 Å². The van der Waals surface area contributed by atoms with Crippen molar-refractivity contribution >= 4 is 29.2 Å². The number of imide groups is 1. The lowest BCUT2D eigenvalue weighted by molar-refractivity contribution is -0.137. The molecule has 0 atom stereocenters. The Kier molecular flexibility index (Phi) is 6.06. The molecule has 0 saturated carbocycles. The highest BCUT2D eigenvalue weighted by atomic mass is 19.4. The summed E-state index contributed by atoms with van der Waals surface area (Å²) in [5, 5.41) is 4.76. The molecule has 158 valence electrons. The van der Waals surface area contributed by atoms with Gasteiger partial charge >= 0.3 is 12.2 Å². The molecule has 7 nitrogen and oxygen atoms in total. The molecule has 10 heteroatoms. The van der Waals surface area contributed by atoms with Crippen LogP contribution in [0.5, 0.6) is 0 Å². The fourth-order valence-electron chi connectivity index (χ4n) is 3.01. The van der Waals surface area contributed by atoms with Crippen LogP contribution < -0.4 is 10.6 Å². The molecular weight excluding hydrogens is 403 g/mol. The molecule has 1 heterocycles. The summed E-state index contributed by atoms with van der Waals surface area (Å²) in [5.41, 5.74) is -0.344. The predicted octanol–water partition coefficient (Wildman–Crippen LogP) is 3.98. The van der Waals surface area contributed by atoms with E-state index in [1.54, 1.807) is 0 Å². The largest absolute Gasteiger partial charge is 0.416 e. The van der Waals surface area contributed by atoms with E-state index in [0.29, 0.717) is 13.0 Å². The molecule has 3 rings (SSSR count). The minimum absolute atomic E-state index is 0.0425. The number of nitrogens with one attached hydrogen (secondary N) is 2. The summed E-state index contributed by atoms with van der Waals surface area (Å²) in [4.78, 5) is 38.1. The number of methoxy groups -OCH3 is 1. The van der Waals surface area contributed by atoms with E-state index < -0.39 is 29.6 Å². The summed E-state index contributed by atoms with van der Waals surface area (Å²) in [6.45, 7) is 0.606. The zero-order valence-corrected chi connectivity index (χ0v) is 15.9. The van der Waals surface area contributed by atoms with Crippen molar-refractivity contribution < 1.29 is 32.3 Å². The van der Waals surface area contributed by atoms with Gasteiger partial charge in [-0.25, -0.2) is 4.79 Å². The lowest BCUT2D eigenvalue weighted by atomic mass is 10.1. The predicted molar refractivity (Wildman–Crippen MR) is 102 cm³/mol. The second kappa shape index (κ2) is 8.54. The number of halogens is 3. The van der Waals surface area contributed by atoms with Gasteiger partial charge in [0.15, 0.2) is 0 Å². The third-order valence-electron chi connectivity index (χ3n) is 4.41. The number of benzene rings is 2. The van der Waals surface area contributed by atoms with Crippen molar-refractivity contribution in [2.45, 2.75) is 12.6 Å². The number of carbonyl (C=O) groups is 3. The third-order valence-corrected chi connectivity index (χ3v) is 4.41. The zero-order valence-electron chi connectivity index (χ0n) is 15.9. The standard InChI is InChI=1S/C20H18F3N3O4/c1-30-9-3-8-26-17(27)15-7-6-14(11-16(15)18(26)28)25-19(29)24-13-5-2-4-12(10-13)20(21,22)23/h2,4-7,10-11H,3,8-9H2,1H3,(H2,24,25,29). The van der Waals surface area contributed by atoms with Gasteiger partial charge in [-0.2, -0.15) is 13.2 Å². The van der Waals surface area contributed by atoms with Gasteiger partial charge in [-0.05, 0) is 42.8 Å². The van der Waals surface area contributed by atoms with E-state index in [1.807, 2.05) is 0 Å². The molecule has 4 amide bonds. The van der Waals surface area contributed by atoms with Crippen molar-refractivity contribution in [2.75, 3.05) is 30.9 Å². The van der Waals surface area contributed by atoms with Crippen LogP contribution in [0, 0.1) is 0 Å². The number of hydrogen-bond donors (Lipinski definition) is 2. The van der Waals surface area contributed by atoms with E-state index in [-0.39, 0.29) is 29.0 Å². The average molecular weight is 421 g/mol. The van der Waals surface area contributed by atoms with Crippen molar-refractivity contribution in [2.24, 2.45) is 0 Å². The molecule has 2 aromatic rings. The summed E-state index contributed by atoms with van der Waals surface area (Å²) in [6.07, 6.45) is -4.04. The van der Waals surface area contributed by atoms with Crippen molar-refractivity contribution in [3.05, 3.63) is 59.2 Å². The molecule has 0 radical (unpaired) electrons. The first-order chi connectivity index (χ1) is 14.2. The number of alkyl halides is 3. The molecule has 1 aliphatic rings. The van der Waals surface area contributed by atoms with E-state index in [2.05, 4.69) is 10.6 Å². The first kappa shape index (κ1) is 21.3. The number of fused-ring (bicyclic) bond motifs is 1. The molecule has 0 fully saturated rings. The van der Waals surface area contributed by atoms with Crippen molar-refractivity contribution in [1.29, 1.82) is 0 Å². The first-order valence-corrected chi connectivity index (χ1v) is 8.95. The Labute approximate surface area is 169 Å². The van der Waals surface area contributed by atoms with Gasteiger partial charge in [0.1, 0.15) is 0 Å². The minimum Gasteiger partial charge on any atom is -0.385 e. The maximum atomic E-state index is 12.8. The highest BCUT2D eigenvalue weighted by Gasteiger charge is 2.35. The second-order valence-electron chi connectivity index (χ2n) is 6.53. The molecule has 0 spiro atoms. The van der Waals surface area contributed by atoms with Gasteiger partial charge in [-0.3, -0.25) is 14.5 Å². The number of carbonyl (C=O) groups excluding carboxylic acids is 3. The third kappa shape index (κ3) is 4.60. The highest BCUT2D eigenvalue weighted by Crippen LogP contribution is 2.31. The molecule has 0 bridgehead atoms. The Morgan fingerprint density at radius 2 is 1.67 bits per heavy atom. The molecule has 0 aliphatic carbocycles. The van der Waals surface area contributed by atoms with Crippen LogP contribution in [0.3, 0.4) is 0 Å². The Morgan fingerprint density at radius 3 is 2.33 bits per heavy atom.